The van der Waals surface area contributed by atoms with Crippen LogP contribution < -0.4 is 0 Å². The molecule has 0 saturated heterocycles. The van der Waals surface area contributed by atoms with E-state index < -0.39 is 42.3 Å². The SMILES string of the molecule is C/C=C/C=C/C(=O)OC(=O)CC(O)(CC(=O)O)C(=O)O.[KH]. The van der Waals surface area contributed by atoms with Gasteiger partial charge in [-0.1, -0.05) is 18.2 Å². The van der Waals surface area contributed by atoms with E-state index in [1.165, 1.54) is 12.2 Å². The number of hydrogen-bond acceptors (Lipinski definition) is 6. The van der Waals surface area contributed by atoms with Crippen molar-refractivity contribution in [3.05, 3.63) is 24.3 Å². The first-order valence-electron chi connectivity index (χ1n) is 5.43. The summed E-state index contributed by atoms with van der Waals surface area (Å²) in [7, 11) is 0. The topological polar surface area (TPSA) is 138 Å². The Kier molecular flexibility index (Phi) is 11.6. The summed E-state index contributed by atoms with van der Waals surface area (Å²) in [6.07, 6.45) is 2.95. The van der Waals surface area contributed by atoms with Gasteiger partial charge in [-0.2, -0.15) is 0 Å². The molecule has 0 aliphatic rings. The Morgan fingerprint density at radius 3 is 2.10 bits per heavy atom. The van der Waals surface area contributed by atoms with Gasteiger partial charge in [0, 0.05) is 6.08 Å². The summed E-state index contributed by atoms with van der Waals surface area (Å²) in [6.45, 7) is 1.69. The molecule has 0 heterocycles. The number of carbonyl (C=O) groups is 4. The van der Waals surface area contributed by atoms with Gasteiger partial charge in [0.15, 0.2) is 5.60 Å². The zero-order valence-corrected chi connectivity index (χ0v) is 10.6. The van der Waals surface area contributed by atoms with Crippen LogP contribution in [0.5, 0.6) is 0 Å². The Balaban J connectivity index is 0. The van der Waals surface area contributed by atoms with Crippen molar-refractivity contribution >= 4 is 75.3 Å². The van der Waals surface area contributed by atoms with Gasteiger partial charge in [0.05, 0.1) is 12.8 Å². The van der Waals surface area contributed by atoms with Crippen molar-refractivity contribution in [1.82, 2.24) is 0 Å². The van der Waals surface area contributed by atoms with E-state index >= 15 is 0 Å². The van der Waals surface area contributed by atoms with Gasteiger partial charge in [0.25, 0.3) is 0 Å². The van der Waals surface area contributed by atoms with Crippen LogP contribution in [0.15, 0.2) is 24.3 Å². The second-order valence-corrected chi connectivity index (χ2v) is 3.76. The zero-order valence-electron chi connectivity index (χ0n) is 10.6. The molecule has 0 aliphatic heterocycles. The van der Waals surface area contributed by atoms with Crippen molar-refractivity contribution in [2.24, 2.45) is 0 Å². The molecule has 0 saturated carbocycles. The normalized spacial score (nSPS) is 13.4. The molecule has 0 aromatic heterocycles. The van der Waals surface area contributed by atoms with Crippen molar-refractivity contribution in [2.45, 2.75) is 25.4 Å². The van der Waals surface area contributed by atoms with Gasteiger partial charge in [0.1, 0.15) is 0 Å². The summed E-state index contributed by atoms with van der Waals surface area (Å²) in [4.78, 5) is 43.6. The van der Waals surface area contributed by atoms with Crippen LogP contribution >= 0.6 is 0 Å². The summed E-state index contributed by atoms with van der Waals surface area (Å²) >= 11 is 0. The van der Waals surface area contributed by atoms with E-state index in [0.29, 0.717) is 0 Å². The van der Waals surface area contributed by atoms with Gasteiger partial charge in [-0.3, -0.25) is 9.59 Å². The molecule has 0 aliphatic carbocycles. The third kappa shape index (κ3) is 9.66. The van der Waals surface area contributed by atoms with Gasteiger partial charge in [-0.15, -0.1) is 0 Å². The van der Waals surface area contributed by atoms with Crippen molar-refractivity contribution in [3.63, 3.8) is 0 Å². The monoisotopic (exact) mass is 326 g/mol. The fourth-order valence-electron chi connectivity index (χ4n) is 1.13. The molecule has 21 heavy (non-hydrogen) atoms. The Morgan fingerprint density at radius 2 is 1.67 bits per heavy atom. The molecule has 0 bridgehead atoms. The average Bonchev–Trinajstić information content (AvgIpc) is 2.27. The summed E-state index contributed by atoms with van der Waals surface area (Å²) in [5, 5.41) is 26.7. The van der Waals surface area contributed by atoms with E-state index in [9.17, 15) is 24.3 Å². The van der Waals surface area contributed by atoms with Crippen LogP contribution in [0.25, 0.3) is 0 Å². The number of esters is 2. The third-order valence-corrected chi connectivity index (χ3v) is 2.03. The maximum absolute atomic E-state index is 11.3. The van der Waals surface area contributed by atoms with E-state index in [1.54, 1.807) is 13.0 Å². The molecule has 0 fully saturated rings. The molecule has 0 amide bonds. The third-order valence-electron chi connectivity index (χ3n) is 2.03. The molecule has 9 heteroatoms. The molecule has 1 atom stereocenters. The summed E-state index contributed by atoms with van der Waals surface area (Å²) in [6, 6.07) is 0. The Morgan fingerprint density at radius 1 is 1.10 bits per heavy atom. The number of carboxylic acids is 2. The molecule has 1 unspecified atom stereocenters. The number of hydrogen-bond donors (Lipinski definition) is 3. The predicted octanol–water partition coefficient (Wildman–Crippen LogP) is -0.780. The Labute approximate surface area is 162 Å². The number of aliphatic hydroxyl groups is 1. The van der Waals surface area contributed by atoms with Crippen LogP contribution in [0.1, 0.15) is 19.8 Å². The number of allylic oxidation sites excluding steroid dienone is 3. The standard InChI is InChI=1S/C12H14O8.K.H/c1-2-3-4-5-9(15)20-10(16)7-12(19,11(17)18)6-8(13)14;;/h2-5,19H,6-7H2,1H3,(H,13,14)(H,17,18);;/b3-2+,5-4+;;. The molecular weight excluding hydrogens is 311 g/mol. The second-order valence-electron chi connectivity index (χ2n) is 3.76. The quantitative estimate of drug-likeness (QED) is 0.182. The summed E-state index contributed by atoms with van der Waals surface area (Å²) < 4.78 is 4.21. The minimum absolute atomic E-state index is 0. The molecule has 0 aromatic rings. The van der Waals surface area contributed by atoms with Crippen LogP contribution in [-0.4, -0.2) is 96.2 Å². The van der Waals surface area contributed by atoms with Gasteiger partial charge in [-0.05, 0) is 6.92 Å². The van der Waals surface area contributed by atoms with Crippen molar-refractivity contribution in [2.75, 3.05) is 0 Å². The molecule has 0 spiro atoms. The molecule has 0 radical (unpaired) electrons. The maximum atomic E-state index is 11.3. The molecule has 0 aromatic carbocycles. The molecule has 112 valence electrons. The zero-order chi connectivity index (χ0) is 15.8. The van der Waals surface area contributed by atoms with Crippen molar-refractivity contribution < 1.29 is 39.2 Å². The Bertz CT molecular complexity index is 468. The fraction of sp³-hybridized carbons (Fsp3) is 0.333. The molecule has 8 nitrogen and oxygen atoms in total. The number of ether oxygens (including phenoxy) is 1. The first kappa shape index (κ1) is 22.4. The van der Waals surface area contributed by atoms with Gasteiger partial charge < -0.3 is 20.1 Å². The number of carboxylic acid groups (broad SMARTS) is 2. The van der Waals surface area contributed by atoms with Crippen LogP contribution in [0.2, 0.25) is 0 Å². The molecule has 0 rings (SSSR count). The summed E-state index contributed by atoms with van der Waals surface area (Å²) in [5.41, 5.74) is -2.82. The first-order chi connectivity index (χ1) is 9.21. The summed E-state index contributed by atoms with van der Waals surface area (Å²) in [5.74, 6) is -5.90. The van der Waals surface area contributed by atoms with E-state index in [-0.39, 0.29) is 51.4 Å². The van der Waals surface area contributed by atoms with Gasteiger partial charge >= 0.3 is 75.3 Å². The van der Waals surface area contributed by atoms with E-state index in [0.717, 1.165) is 6.08 Å². The van der Waals surface area contributed by atoms with Gasteiger partial charge in [0.2, 0.25) is 0 Å². The van der Waals surface area contributed by atoms with Crippen LogP contribution in [-0.2, 0) is 23.9 Å². The van der Waals surface area contributed by atoms with Crippen molar-refractivity contribution in [3.8, 4) is 0 Å². The van der Waals surface area contributed by atoms with E-state index in [2.05, 4.69) is 4.74 Å². The van der Waals surface area contributed by atoms with Gasteiger partial charge in [-0.25, -0.2) is 9.59 Å². The minimum atomic E-state index is -2.82. The van der Waals surface area contributed by atoms with Crippen LogP contribution in [0.3, 0.4) is 0 Å². The number of aliphatic carboxylic acids is 2. The second kappa shape index (κ2) is 10.8. The average molecular weight is 326 g/mol. The molecule has 3 N–H and O–H groups in total. The molecular formula is C12H15KO8. The van der Waals surface area contributed by atoms with Crippen LogP contribution in [0, 0.1) is 0 Å². The number of carbonyl (C=O) groups excluding carboxylic acids is 2. The van der Waals surface area contributed by atoms with Crippen LogP contribution in [0.4, 0.5) is 0 Å². The van der Waals surface area contributed by atoms with Crippen molar-refractivity contribution in [1.29, 1.82) is 0 Å². The van der Waals surface area contributed by atoms with E-state index in [4.69, 9.17) is 10.2 Å². The fourth-order valence-corrected chi connectivity index (χ4v) is 1.13. The first-order valence-corrected chi connectivity index (χ1v) is 5.43. The predicted molar refractivity (Wildman–Crippen MR) is 71.7 cm³/mol. The van der Waals surface area contributed by atoms with E-state index in [1.807, 2.05) is 0 Å². The number of rotatable bonds is 7. The Hall–Kier alpha value is -0.844.